The second-order valence-electron chi connectivity index (χ2n) is 10.7. The molecular formula is C33H35F2N2NaO6. The molecule has 0 saturated carbocycles. The Balaban J connectivity index is 0.00000353. The van der Waals surface area contributed by atoms with Crippen molar-refractivity contribution in [2.45, 2.75) is 57.8 Å². The molecule has 0 spiro atoms. The number of nitrogens with one attached hydrogen (secondary N) is 1. The molecule has 1 amide bonds. The third-order valence-electron chi connectivity index (χ3n) is 7.08. The minimum absolute atomic E-state index is 0. The molecule has 0 saturated heterocycles. The maximum atomic E-state index is 14.1. The summed E-state index contributed by atoms with van der Waals surface area (Å²) < 4.78 is 29.9. The van der Waals surface area contributed by atoms with Crippen LogP contribution in [0.25, 0.3) is 22.3 Å². The summed E-state index contributed by atoms with van der Waals surface area (Å²) in [4.78, 5) is 25.0. The fraction of sp³-hybridized carbons (Fsp3) is 0.273. The number of carboxylic acids is 1. The predicted octanol–water partition coefficient (Wildman–Crippen LogP) is 3.27. The molecule has 0 aliphatic rings. The van der Waals surface area contributed by atoms with Crippen LogP contribution in [0.2, 0.25) is 0 Å². The number of anilines is 1. The van der Waals surface area contributed by atoms with Gasteiger partial charge in [0.25, 0.3) is 5.91 Å². The average molecular weight is 617 g/mol. The SMILES string of the molecule is CC(C)n1c(CC[C@@H](O)C[C@@H](O)CC(=O)O)c(-c2ccc(F)cc2)c(-c2ccc(F)cc2)c1C(=O)Nc1cccc(O)c1.[H-].[Na+]. The van der Waals surface area contributed by atoms with Gasteiger partial charge in [-0.15, -0.1) is 0 Å². The minimum Gasteiger partial charge on any atom is -1.00 e. The van der Waals surface area contributed by atoms with Crippen molar-refractivity contribution in [3.63, 3.8) is 0 Å². The molecule has 0 fully saturated rings. The number of carboxylic acid groups (broad SMARTS) is 1. The van der Waals surface area contributed by atoms with Crippen molar-refractivity contribution < 1.29 is 69.8 Å². The van der Waals surface area contributed by atoms with Crippen molar-refractivity contribution in [2.75, 3.05) is 5.32 Å². The van der Waals surface area contributed by atoms with E-state index in [1.165, 1.54) is 36.4 Å². The summed E-state index contributed by atoms with van der Waals surface area (Å²) in [5, 5.41) is 42.5. The number of aromatic nitrogens is 1. The number of carbonyl (C=O) groups excluding carboxylic acids is 1. The largest absolute Gasteiger partial charge is 1.00 e. The van der Waals surface area contributed by atoms with Gasteiger partial charge in [-0.05, 0) is 80.6 Å². The summed E-state index contributed by atoms with van der Waals surface area (Å²) in [7, 11) is 0. The molecule has 8 nitrogen and oxygen atoms in total. The van der Waals surface area contributed by atoms with Gasteiger partial charge in [0.05, 0.1) is 18.6 Å². The van der Waals surface area contributed by atoms with Crippen LogP contribution in [-0.4, -0.2) is 49.1 Å². The van der Waals surface area contributed by atoms with Gasteiger partial charge in [-0.3, -0.25) is 9.59 Å². The third-order valence-corrected chi connectivity index (χ3v) is 7.08. The summed E-state index contributed by atoms with van der Waals surface area (Å²) in [6, 6.07) is 17.2. The summed E-state index contributed by atoms with van der Waals surface area (Å²) in [5.41, 5.74) is 3.38. The first-order chi connectivity index (χ1) is 20.4. The smallest absolute Gasteiger partial charge is 1.00 e. The predicted molar refractivity (Wildman–Crippen MR) is 160 cm³/mol. The number of aromatic hydroxyl groups is 1. The molecule has 4 rings (SSSR count). The Kier molecular flexibility index (Phi) is 12.3. The molecule has 3 aromatic carbocycles. The molecule has 44 heavy (non-hydrogen) atoms. The van der Waals surface area contributed by atoms with Gasteiger partial charge in [0.2, 0.25) is 0 Å². The van der Waals surface area contributed by atoms with Crippen LogP contribution in [0.3, 0.4) is 0 Å². The number of phenols is 1. The number of amides is 1. The summed E-state index contributed by atoms with van der Waals surface area (Å²) in [6.45, 7) is 3.76. The Hall–Kier alpha value is -3.54. The summed E-state index contributed by atoms with van der Waals surface area (Å²) in [5.74, 6) is -2.66. The molecular weight excluding hydrogens is 581 g/mol. The Morgan fingerprint density at radius 1 is 0.886 bits per heavy atom. The maximum Gasteiger partial charge on any atom is 1.00 e. The number of halogens is 2. The number of aliphatic hydroxyl groups excluding tert-OH is 2. The normalized spacial score (nSPS) is 12.4. The van der Waals surface area contributed by atoms with Crippen LogP contribution < -0.4 is 34.9 Å². The van der Waals surface area contributed by atoms with Gasteiger partial charge in [0, 0.05) is 34.6 Å². The van der Waals surface area contributed by atoms with Crippen molar-refractivity contribution in [1.82, 2.24) is 4.57 Å². The van der Waals surface area contributed by atoms with Crippen LogP contribution in [0, 0.1) is 11.6 Å². The summed E-state index contributed by atoms with van der Waals surface area (Å²) >= 11 is 0. The van der Waals surface area contributed by atoms with Crippen molar-refractivity contribution in [3.05, 3.63) is 95.8 Å². The second kappa shape index (κ2) is 15.5. The molecule has 0 unspecified atom stereocenters. The van der Waals surface area contributed by atoms with E-state index >= 15 is 0 Å². The topological polar surface area (TPSA) is 132 Å². The molecule has 5 N–H and O–H groups in total. The van der Waals surface area contributed by atoms with E-state index in [1.807, 2.05) is 18.4 Å². The molecule has 4 aromatic rings. The van der Waals surface area contributed by atoms with Crippen LogP contribution in [0.4, 0.5) is 14.5 Å². The van der Waals surface area contributed by atoms with Crippen molar-refractivity contribution in [3.8, 4) is 28.0 Å². The molecule has 0 aliphatic carbocycles. The molecule has 11 heteroatoms. The van der Waals surface area contributed by atoms with E-state index in [-0.39, 0.29) is 67.7 Å². The average Bonchev–Trinajstić information content (AvgIpc) is 3.28. The van der Waals surface area contributed by atoms with E-state index in [0.29, 0.717) is 33.6 Å². The fourth-order valence-electron chi connectivity index (χ4n) is 5.30. The van der Waals surface area contributed by atoms with Gasteiger partial charge in [0.15, 0.2) is 0 Å². The van der Waals surface area contributed by atoms with Crippen LogP contribution in [0.15, 0.2) is 72.8 Å². The molecule has 2 atom stereocenters. The molecule has 0 aliphatic heterocycles. The third kappa shape index (κ3) is 8.55. The Bertz CT molecular complexity index is 1600. The number of rotatable bonds is 12. The zero-order valence-corrected chi connectivity index (χ0v) is 26.8. The van der Waals surface area contributed by atoms with Crippen molar-refractivity contribution in [1.29, 1.82) is 0 Å². The number of aliphatic hydroxyl groups is 2. The van der Waals surface area contributed by atoms with E-state index in [0.717, 1.165) is 0 Å². The number of aliphatic carboxylic acids is 1. The van der Waals surface area contributed by atoms with Gasteiger partial charge in [-0.1, -0.05) is 30.3 Å². The van der Waals surface area contributed by atoms with Crippen molar-refractivity contribution >= 4 is 17.6 Å². The molecule has 1 aromatic heterocycles. The summed E-state index contributed by atoms with van der Waals surface area (Å²) in [6.07, 6.45) is -2.62. The van der Waals surface area contributed by atoms with E-state index in [2.05, 4.69) is 5.32 Å². The van der Waals surface area contributed by atoms with E-state index in [9.17, 15) is 33.7 Å². The van der Waals surface area contributed by atoms with Gasteiger partial charge in [-0.2, -0.15) is 0 Å². The van der Waals surface area contributed by atoms with Crippen LogP contribution in [0.5, 0.6) is 5.75 Å². The first-order valence-corrected chi connectivity index (χ1v) is 13.9. The number of nitrogens with zero attached hydrogens (tertiary/aromatic N) is 1. The molecule has 0 bridgehead atoms. The van der Waals surface area contributed by atoms with Crippen LogP contribution in [0.1, 0.15) is 56.8 Å². The Morgan fingerprint density at radius 3 is 1.98 bits per heavy atom. The van der Waals surface area contributed by atoms with E-state index in [4.69, 9.17) is 5.11 Å². The monoisotopic (exact) mass is 616 g/mol. The molecule has 0 radical (unpaired) electrons. The quantitative estimate of drug-likeness (QED) is 0.155. The number of hydrogen-bond acceptors (Lipinski definition) is 5. The first-order valence-electron chi connectivity index (χ1n) is 13.9. The maximum absolute atomic E-state index is 14.1. The van der Waals surface area contributed by atoms with Crippen molar-refractivity contribution in [2.24, 2.45) is 0 Å². The zero-order valence-electron chi connectivity index (χ0n) is 25.8. The minimum atomic E-state index is -1.24. The van der Waals surface area contributed by atoms with Gasteiger partial charge in [-0.25, -0.2) is 8.78 Å². The molecule has 1 heterocycles. The first kappa shape index (κ1) is 34.9. The standard InChI is InChI=1S/C33H34F2N2O6.Na.H/c1-19(2)37-28(15-14-26(39)17-27(40)18-29(41)42)30(20-6-10-22(34)11-7-20)31(21-8-12-23(35)13-9-21)32(37)33(43)36-24-4-3-5-25(38)16-24;;/h3-13,16,19,26-27,38-40H,14-15,17-18H2,1-2H3,(H,36,43)(H,41,42);;/q;+1;-1/t26-,27-;;/m1../s1. The number of phenolic OH excluding ortho intramolecular Hbond substituents is 1. The van der Waals surface area contributed by atoms with Gasteiger partial charge in [0.1, 0.15) is 23.1 Å². The van der Waals surface area contributed by atoms with E-state index < -0.39 is 42.1 Å². The Morgan fingerprint density at radius 2 is 1.45 bits per heavy atom. The Labute approximate surface area is 277 Å². The van der Waals surface area contributed by atoms with Crippen LogP contribution >= 0.6 is 0 Å². The number of hydrogen-bond donors (Lipinski definition) is 5. The number of benzene rings is 3. The zero-order chi connectivity index (χ0) is 31.3. The number of carbonyl (C=O) groups is 2. The van der Waals surface area contributed by atoms with Gasteiger partial charge >= 0.3 is 35.5 Å². The fourth-order valence-corrected chi connectivity index (χ4v) is 5.30. The van der Waals surface area contributed by atoms with Gasteiger partial charge < -0.3 is 31.7 Å². The van der Waals surface area contributed by atoms with E-state index in [1.54, 1.807) is 36.4 Å². The van der Waals surface area contributed by atoms with Crippen LogP contribution in [-0.2, 0) is 11.2 Å². The molecule has 228 valence electrons. The second-order valence-corrected chi connectivity index (χ2v) is 10.7.